The molecule has 2 aromatic heterocycles. The van der Waals surface area contributed by atoms with Crippen molar-refractivity contribution in [3.63, 3.8) is 0 Å². The topological polar surface area (TPSA) is 117 Å². The zero-order valence-corrected chi connectivity index (χ0v) is 16.5. The van der Waals surface area contributed by atoms with Gasteiger partial charge in [-0.3, -0.25) is 0 Å². The molecular formula is C18H23N3O4S2. The van der Waals surface area contributed by atoms with Crippen LogP contribution in [0.15, 0.2) is 29.7 Å². The highest BCUT2D eigenvalue weighted by Crippen LogP contribution is 2.30. The van der Waals surface area contributed by atoms with Crippen LogP contribution in [0.5, 0.6) is 0 Å². The summed E-state index contributed by atoms with van der Waals surface area (Å²) >= 11 is 3.36. The second-order valence-corrected chi connectivity index (χ2v) is 8.06. The Hall–Kier alpha value is -2.23. The Morgan fingerprint density at radius 2 is 1.81 bits per heavy atom. The molecule has 0 atom stereocenters. The number of aliphatic carboxylic acids is 2. The van der Waals surface area contributed by atoms with Gasteiger partial charge in [0.15, 0.2) is 5.13 Å². The molecule has 1 aliphatic heterocycles. The number of piperidine rings is 1. The lowest BCUT2D eigenvalue weighted by molar-refractivity contribution is -0.134. The van der Waals surface area contributed by atoms with Crippen LogP contribution in [0.2, 0.25) is 0 Å². The highest BCUT2D eigenvalue weighted by molar-refractivity contribution is 7.16. The van der Waals surface area contributed by atoms with Gasteiger partial charge in [-0.05, 0) is 44.5 Å². The predicted octanol–water partition coefficient (Wildman–Crippen LogP) is 3.19. The van der Waals surface area contributed by atoms with Crippen molar-refractivity contribution in [3.05, 3.63) is 34.5 Å². The maximum Gasteiger partial charge on any atom is 0.328 e. The van der Waals surface area contributed by atoms with E-state index in [4.69, 9.17) is 15.9 Å². The minimum atomic E-state index is -1.26. The minimum Gasteiger partial charge on any atom is -0.478 e. The molecule has 0 unspecified atom stereocenters. The first-order valence-corrected chi connectivity index (χ1v) is 10.3. The lowest BCUT2D eigenvalue weighted by Gasteiger charge is -2.25. The van der Waals surface area contributed by atoms with E-state index in [0.29, 0.717) is 17.3 Å². The van der Waals surface area contributed by atoms with E-state index in [-0.39, 0.29) is 0 Å². The van der Waals surface area contributed by atoms with Crippen molar-refractivity contribution in [3.8, 4) is 10.6 Å². The third-order valence-electron chi connectivity index (χ3n) is 3.93. The zero-order valence-electron chi connectivity index (χ0n) is 14.8. The predicted molar refractivity (Wildman–Crippen MR) is 108 cm³/mol. The second kappa shape index (κ2) is 10.8. The van der Waals surface area contributed by atoms with Crippen LogP contribution >= 0.6 is 22.7 Å². The number of anilines is 1. The Bertz CT molecular complexity index is 763. The number of nitrogen functional groups attached to an aromatic ring is 1. The number of nitrogens with two attached hydrogens (primary N) is 1. The van der Waals surface area contributed by atoms with Gasteiger partial charge in [-0.2, -0.15) is 0 Å². The van der Waals surface area contributed by atoms with Crippen molar-refractivity contribution in [2.45, 2.75) is 25.7 Å². The molecule has 2 aromatic rings. The largest absolute Gasteiger partial charge is 0.478 e. The Morgan fingerprint density at radius 1 is 1.15 bits per heavy atom. The molecule has 0 amide bonds. The summed E-state index contributed by atoms with van der Waals surface area (Å²) in [6.07, 6.45) is 6.42. The highest BCUT2D eigenvalue weighted by Gasteiger charge is 2.11. The molecule has 27 heavy (non-hydrogen) atoms. The van der Waals surface area contributed by atoms with E-state index in [1.807, 2.05) is 16.7 Å². The molecule has 0 saturated carbocycles. The van der Waals surface area contributed by atoms with E-state index in [1.54, 1.807) is 0 Å². The summed E-state index contributed by atoms with van der Waals surface area (Å²) in [5.74, 6) is -2.51. The lowest BCUT2D eigenvalue weighted by Crippen LogP contribution is -2.31. The summed E-state index contributed by atoms with van der Waals surface area (Å²) in [5.41, 5.74) is 6.71. The number of aromatic nitrogens is 1. The average molecular weight is 410 g/mol. The first kappa shape index (κ1) is 21.1. The molecule has 0 radical (unpaired) electrons. The Morgan fingerprint density at radius 3 is 2.37 bits per heavy atom. The maximum absolute atomic E-state index is 9.55. The van der Waals surface area contributed by atoms with Gasteiger partial charge in [-0.1, -0.05) is 6.42 Å². The molecule has 0 aromatic carbocycles. The molecule has 0 bridgehead atoms. The molecule has 1 aliphatic rings. The van der Waals surface area contributed by atoms with Crippen molar-refractivity contribution in [2.75, 3.05) is 25.4 Å². The first-order chi connectivity index (χ1) is 12.9. The summed E-state index contributed by atoms with van der Waals surface area (Å²) in [6, 6.07) is 4.41. The molecular weight excluding hydrogens is 386 g/mol. The van der Waals surface area contributed by atoms with Crippen LogP contribution in [-0.2, 0) is 16.0 Å². The lowest BCUT2D eigenvalue weighted by atomic mass is 10.1. The van der Waals surface area contributed by atoms with E-state index < -0.39 is 11.9 Å². The fourth-order valence-corrected chi connectivity index (χ4v) is 4.24. The van der Waals surface area contributed by atoms with Gasteiger partial charge in [-0.25, -0.2) is 14.6 Å². The van der Waals surface area contributed by atoms with Gasteiger partial charge in [-0.15, -0.1) is 22.7 Å². The molecule has 7 nitrogen and oxygen atoms in total. The molecule has 1 fully saturated rings. The van der Waals surface area contributed by atoms with Crippen molar-refractivity contribution in [1.82, 2.24) is 9.88 Å². The number of carbonyl (C=O) groups is 2. The van der Waals surface area contributed by atoms with E-state index >= 15 is 0 Å². The molecule has 0 spiro atoms. The summed E-state index contributed by atoms with van der Waals surface area (Å²) < 4.78 is 0. The van der Waals surface area contributed by atoms with Crippen molar-refractivity contribution in [2.24, 2.45) is 0 Å². The standard InChI is InChI=1S/C14H19N3S2.C4H4O4/c15-14-16-12(10-18-14)13-5-4-11(19-13)6-9-17-7-2-1-3-8-17;5-3(6)1-2-4(7)8/h4-5,10H,1-3,6-9H2,(H2,15,16);1-2H,(H,5,6)(H,7,8). The fourth-order valence-electron chi connectivity index (χ4n) is 2.64. The zero-order chi connectivity index (χ0) is 19.6. The smallest absolute Gasteiger partial charge is 0.328 e. The van der Waals surface area contributed by atoms with E-state index in [2.05, 4.69) is 22.0 Å². The number of carboxylic acid groups (broad SMARTS) is 2. The van der Waals surface area contributed by atoms with Crippen LogP contribution in [0.1, 0.15) is 24.1 Å². The Balaban J connectivity index is 0.000000279. The number of hydrogen-bond donors (Lipinski definition) is 3. The third-order valence-corrected chi connectivity index (χ3v) is 5.77. The summed E-state index contributed by atoms with van der Waals surface area (Å²) in [7, 11) is 0. The molecule has 3 rings (SSSR count). The summed E-state index contributed by atoms with van der Waals surface area (Å²) in [5, 5.41) is 18.3. The molecule has 146 valence electrons. The molecule has 4 N–H and O–H groups in total. The number of carboxylic acids is 2. The molecule has 1 saturated heterocycles. The van der Waals surface area contributed by atoms with Crippen molar-refractivity contribution >= 4 is 39.7 Å². The highest BCUT2D eigenvalue weighted by atomic mass is 32.1. The number of thiazole rings is 1. The van der Waals surface area contributed by atoms with E-state index in [1.165, 1.54) is 60.0 Å². The van der Waals surface area contributed by atoms with Gasteiger partial charge in [0.2, 0.25) is 0 Å². The van der Waals surface area contributed by atoms with Crippen LogP contribution in [0.25, 0.3) is 10.6 Å². The van der Waals surface area contributed by atoms with Crippen molar-refractivity contribution < 1.29 is 19.8 Å². The summed E-state index contributed by atoms with van der Waals surface area (Å²) in [6.45, 7) is 3.75. The van der Waals surface area contributed by atoms with Crippen LogP contribution in [0.4, 0.5) is 5.13 Å². The number of thiophene rings is 1. The van der Waals surface area contributed by atoms with Crippen LogP contribution in [0, 0.1) is 0 Å². The Labute approximate surface area is 165 Å². The Kier molecular flexibility index (Phi) is 8.43. The SMILES string of the molecule is Nc1nc(-c2ccc(CCN3CCCCC3)s2)cs1.O=C(O)C=CC(=O)O. The van der Waals surface area contributed by atoms with Gasteiger partial charge < -0.3 is 20.8 Å². The monoisotopic (exact) mass is 409 g/mol. The summed E-state index contributed by atoms with van der Waals surface area (Å²) in [4.78, 5) is 28.7. The number of likely N-dealkylation sites (tertiary alicyclic amines) is 1. The molecule has 9 heteroatoms. The van der Waals surface area contributed by atoms with Crippen LogP contribution in [0.3, 0.4) is 0 Å². The fraction of sp³-hybridized carbons (Fsp3) is 0.389. The van der Waals surface area contributed by atoms with Crippen LogP contribution in [-0.4, -0.2) is 51.7 Å². The van der Waals surface area contributed by atoms with E-state index in [9.17, 15) is 9.59 Å². The minimum absolute atomic E-state index is 0.558. The second-order valence-electron chi connectivity index (χ2n) is 6.00. The number of hydrogen-bond acceptors (Lipinski definition) is 7. The number of nitrogens with zero attached hydrogens (tertiary/aromatic N) is 2. The van der Waals surface area contributed by atoms with E-state index in [0.717, 1.165) is 12.1 Å². The quantitative estimate of drug-likeness (QED) is 0.627. The maximum atomic E-state index is 9.55. The van der Waals surface area contributed by atoms with Gasteiger partial charge in [0.25, 0.3) is 0 Å². The molecule has 3 heterocycles. The normalized spacial score (nSPS) is 14.7. The van der Waals surface area contributed by atoms with Gasteiger partial charge in [0.1, 0.15) is 0 Å². The number of rotatable bonds is 6. The average Bonchev–Trinajstić information content (AvgIpc) is 3.28. The first-order valence-electron chi connectivity index (χ1n) is 8.60. The third kappa shape index (κ3) is 7.90. The van der Waals surface area contributed by atoms with Crippen LogP contribution < -0.4 is 5.73 Å². The van der Waals surface area contributed by atoms with Gasteiger partial charge in [0.05, 0.1) is 10.6 Å². The van der Waals surface area contributed by atoms with Gasteiger partial charge in [0, 0.05) is 29.0 Å². The van der Waals surface area contributed by atoms with Crippen molar-refractivity contribution in [1.29, 1.82) is 0 Å². The molecule has 0 aliphatic carbocycles. The van der Waals surface area contributed by atoms with Gasteiger partial charge >= 0.3 is 11.9 Å².